The van der Waals surface area contributed by atoms with Crippen molar-refractivity contribution in [1.82, 2.24) is 0 Å². The molecule has 0 saturated heterocycles. The Morgan fingerprint density at radius 2 is 1.00 bits per heavy atom. The van der Waals surface area contributed by atoms with E-state index in [1.54, 1.807) is 0 Å². The highest BCUT2D eigenvalue weighted by atomic mass is 19.4. The molecule has 1 nitrogen and oxygen atoms in total. The molecule has 122 valence electrons. The summed E-state index contributed by atoms with van der Waals surface area (Å²) in [6.07, 6.45) is -28.3. The van der Waals surface area contributed by atoms with E-state index in [2.05, 4.69) is 4.74 Å². The van der Waals surface area contributed by atoms with Gasteiger partial charge in [0.1, 0.15) is 6.61 Å². The molecule has 0 aliphatic carbocycles. The summed E-state index contributed by atoms with van der Waals surface area (Å²) < 4.78 is 146. The fraction of sp³-hybridized carbons (Fsp3) is 1.00. The average molecular weight is 332 g/mol. The highest BCUT2D eigenvalue weighted by Crippen LogP contribution is 2.39. The van der Waals surface area contributed by atoms with Gasteiger partial charge in [-0.15, -0.1) is 0 Å². The van der Waals surface area contributed by atoms with Crippen molar-refractivity contribution in [3.8, 4) is 0 Å². The van der Waals surface area contributed by atoms with E-state index in [4.69, 9.17) is 0 Å². The van der Waals surface area contributed by atoms with Gasteiger partial charge in [-0.3, -0.25) is 0 Å². The van der Waals surface area contributed by atoms with Crippen LogP contribution in [0.5, 0.6) is 0 Å². The first-order chi connectivity index (χ1) is 8.52. The molecule has 0 aliphatic heterocycles. The zero-order valence-corrected chi connectivity index (χ0v) is 8.81. The first-order valence-corrected chi connectivity index (χ1v) is 4.33. The van der Waals surface area contributed by atoms with Crippen LogP contribution in [0.1, 0.15) is 0 Å². The third kappa shape index (κ3) is 4.90. The van der Waals surface area contributed by atoms with Crippen LogP contribution in [0.3, 0.4) is 0 Å². The molecule has 13 heteroatoms. The van der Waals surface area contributed by atoms with Crippen molar-refractivity contribution < 1.29 is 57.4 Å². The van der Waals surface area contributed by atoms with Gasteiger partial charge in [0, 0.05) is 0 Å². The maximum absolute atomic E-state index is 12.4. The SMILES string of the molecule is F[C@H](C(F)(F)F)C(F)(F)COC(F)(F)[C@@H](F)C(F)(F)F. The number of hydrogen-bond acceptors (Lipinski definition) is 1. The summed E-state index contributed by atoms with van der Waals surface area (Å²) in [5.74, 6) is -5.62. The minimum atomic E-state index is -6.21. The second-order valence-electron chi connectivity index (χ2n) is 3.42. The van der Waals surface area contributed by atoms with Gasteiger partial charge in [-0.25, -0.2) is 17.6 Å². The molecular weight excluding hydrogens is 328 g/mol. The Kier molecular flexibility index (Phi) is 5.24. The third-order valence-corrected chi connectivity index (χ3v) is 1.70. The normalized spacial score (nSPS) is 18.0. The van der Waals surface area contributed by atoms with Crippen molar-refractivity contribution in [2.75, 3.05) is 6.61 Å². The van der Waals surface area contributed by atoms with Gasteiger partial charge in [0.15, 0.2) is 0 Å². The van der Waals surface area contributed by atoms with E-state index >= 15 is 0 Å². The Labute approximate surface area is 102 Å². The molecule has 0 fully saturated rings. The molecule has 0 bridgehead atoms. The lowest BCUT2D eigenvalue weighted by Gasteiger charge is -2.27. The van der Waals surface area contributed by atoms with Crippen LogP contribution in [0.4, 0.5) is 52.7 Å². The van der Waals surface area contributed by atoms with Gasteiger partial charge in [-0.05, 0) is 0 Å². The predicted molar refractivity (Wildman–Crippen MR) is 37.7 cm³/mol. The third-order valence-electron chi connectivity index (χ3n) is 1.70. The number of ether oxygens (including phenoxy) is 1. The van der Waals surface area contributed by atoms with Gasteiger partial charge in [0.05, 0.1) is 0 Å². The van der Waals surface area contributed by atoms with Gasteiger partial charge < -0.3 is 4.74 Å². The highest BCUT2D eigenvalue weighted by molar-refractivity contribution is 4.84. The zero-order chi connectivity index (χ0) is 16.6. The smallest absolute Gasteiger partial charge is 0.311 e. The van der Waals surface area contributed by atoms with E-state index in [-0.39, 0.29) is 0 Å². The van der Waals surface area contributed by atoms with Gasteiger partial charge in [-0.1, -0.05) is 0 Å². The maximum atomic E-state index is 12.4. The molecule has 0 amide bonds. The Bertz CT molecular complexity index is 285. The lowest BCUT2D eigenvalue weighted by atomic mass is 10.2. The summed E-state index contributed by atoms with van der Waals surface area (Å²) in [5.41, 5.74) is 0. The summed E-state index contributed by atoms with van der Waals surface area (Å²) in [6, 6.07) is 0. The molecule has 0 saturated carbocycles. The van der Waals surface area contributed by atoms with Crippen molar-refractivity contribution in [3.63, 3.8) is 0 Å². The van der Waals surface area contributed by atoms with Gasteiger partial charge in [-0.2, -0.15) is 35.1 Å². The average Bonchev–Trinajstić information content (AvgIpc) is 2.22. The second kappa shape index (κ2) is 5.48. The minimum absolute atomic E-state index is 2.48. The Morgan fingerprint density at radius 3 is 1.30 bits per heavy atom. The fourth-order valence-electron chi connectivity index (χ4n) is 0.769. The maximum Gasteiger partial charge on any atom is 0.428 e. The van der Waals surface area contributed by atoms with Crippen molar-refractivity contribution in [1.29, 1.82) is 0 Å². The molecular formula is C7H4F12O. The largest absolute Gasteiger partial charge is 0.428 e. The topological polar surface area (TPSA) is 9.23 Å². The number of alkyl halides is 12. The van der Waals surface area contributed by atoms with E-state index < -0.39 is 43.3 Å². The molecule has 20 heavy (non-hydrogen) atoms. The first-order valence-electron chi connectivity index (χ1n) is 4.33. The molecule has 0 heterocycles. The van der Waals surface area contributed by atoms with Crippen molar-refractivity contribution >= 4 is 0 Å². The molecule has 0 radical (unpaired) electrons. The molecule has 0 aromatic carbocycles. The second-order valence-corrected chi connectivity index (χ2v) is 3.42. The predicted octanol–water partition coefficient (Wildman–Crippen LogP) is 4.03. The fourth-order valence-corrected chi connectivity index (χ4v) is 0.769. The van der Waals surface area contributed by atoms with Crippen molar-refractivity contribution in [2.45, 2.75) is 36.7 Å². The van der Waals surface area contributed by atoms with E-state index in [1.807, 2.05) is 0 Å². The molecule has 0 aromatic rings. The van der Waals surface area contributed by atoms with Gasteiger partial charge in [0.25, 0.3) is 12.3 Å². The lowest BCUT2D eigenvalue weighted by Crippen LogP contribution is -2.49. The summed E-state index contributed by atoms with van der Waals surface area (Å²) in [6.45, 7) is -3.10. The van der Waals surface area contributed by atoms with Gasteiger partial charge in [0.2, 0.25) is 0 Å². The Hall–Kier alpha value is -0.880. The standard InChI is InChI=1S/C7H4F12O/c8-2(5(12,13)14)4(10,11)1-20-7(18,19)3(9)6(15,16)17/h2-3H,1H2/t2-,3-/m0/s1. The van der Waals surface area contributed by atoms with Crippen LogP contribution in [0.25, 0.3) is 0 Å². The van der Waals surface area contributed by atoms with Crippen LogP contribution >= 0.6 is 0 Å². The summed E-state index contributed by atoms with van der Waals surface area (Å²) in [7, 11) is 0. The molecule has 0 N–H and O–H groups in total. The monoisotopic (exact) mass is 332 g/mol. The van der Waals surface area contributed by atoms with Crippen molar-refractivity contribution in [2.24, 2.45) is 0 Å². The molecule has 0 unspecified atom stereocenters. The summed E-state index contributed by atoms with van der Waals surface area (Å²) in [5, 5.41) is 0. The van der Waals surface area contributed by atoms with Crippen LogP contribution in [-0.2, 0) is 4.74 Å². The highest BCUT2D eigenvalue weighted by Gasteiger charge is 2.62. The Morgan fingerprint density at radius 1 is 0.650 bits per heavy atom. The lowest BCUT2D eigenvalue weighted by molar-refractivity contribution is -0.355. The molecule has 0 spiro atoms. The molecule has 2 atom stereocenters. The van der Waals surface area contributed by atoms with E-state index in [1.165, 1.54) is 0 Å². The van der Waals surface area contributed by atoms with E-state index in [9.17, 15) is 52.7 Å². The minimum Gasteiger partial charge on any atom is -0.311 e. The van der Waals surface area contributed by atoms with Crippen LogP contribution in [-0.4, -0.2) is 43.3 Å². The van der Waals surface area contributed by atoms with E-state index in [0.717, 1.165) is 0 Å². The van der Waals surface area contributed by atoms with Crippen LogP contribution in [0, 0.1) is 0 Å². The molecule has 0 aromatic heterocycles. The van der Waals surface area contributed by atoms with Crippen molar-refractivity contribution in [3.05, 3.63) is 0 Å². The zero-order valence-electron chi connectivity index (χ0n) is 8.81. The van der Waals surface area contributed by atoms with E-state index in [0.29, 0.717) is 0 Å². The number of rotatable bonds is 5. The molecule has 0 aliphatic rings. The Balaban J connectivity index is 4.84. The van der Waals surface area contributed by atoms with Crippen LogP contribution in [0.15, 0.2) is 0 Å². The summed E-state index contributed by atoms with van der Waals surface area (Å²) >= 11 is 0. The van der Waals surface area contributed by atoms with Crippen LogP contribution < -0.4 is 0 Å². The summed E-state index contributed by atoms with van der Waals surface area (Å²) in [4.78, 5) is 0. The molecule has 0 rings (SSSR count). The quantitative estimate of drug-likeness (QED) is 0.691. The number of hydrogen-bond donors (Lipinski definition) is 0. The first kappa shape index (κ1) is 19.1. The van der Waals surface area contributed by atoms with Gasteiger partial charge >= 0.3 is 24.4 Å². The number of halogens is 12. The van der Waals surface area contributed by atoms with Crippen LogP contribution in [0.2, 0.25) is 0 Å².